The molecule has 1 N–H and O–H groups in total. The van der Waals surface area contributed by atoms with Crippen LogP contribution in [0.2, 0.25) is 0 Å². The largest absolute Gasteiger partial charge is 0.434 e. The zero-order valence-electron chi connectivity index (χ0n) is 16.8. The third kappa shape index (κ3) is 3.87. The Kier molecular flexibility index (Phi) is 5.72. The van der Waals surface area contributed by atoms with Crippen LogP contribution in [-0.2, 0) is 16.6 Å². The zero-order chi connectivity index (χ0) is 23.9. The molecule has 3 unspecified atom stereocenters. The van der Waals surface area contributed by atoms with E-state index in [9.17, 15) is 26.7 Å². The van der Waals surface area contributed by atoms with Gasteiger partial charge in [0.1, 0.15) is 17.9 Å². The minimum absolute atomic E-state index is 0.177. The molecule has 8 nitrogen and oxygen atoms in total. The number of likely N-dealkylation sites (tertiary alicyclic amines) is 1. The summed E-state index contributed by atoms with van der Waals surface area (Å²) < 4.78 is 83.3. The van der Waals surface area contributed by atoms with E-state index in [0.717, 1.165) is 22.0 Å². The summed E-state index contributed by atoms with van der Waals surface area (Å²) in [5.74, 6) is -5.64. The lowest BCUT2D eigenvalue weighted by molar-refractivity contribution is -0.141. The second-order valence-electron chi connectivity index (χ2n) is 7.49. The number of hydrogen-bond donors (Lipinski definition) is 1. The fourth-order valence-electron chi connectivity index (χ4n) is 4.13. The molecule has 1 fully saturated rings. The SMILES string of the molecule is O=CC1C=CC=C(F)C1(N1CCC(F)(F)C1CNc1cnc(C(F)(F)F)cn1)n1nccn1. The topological polar surface area (TPSA) is 88.8 Å². The van der Waals surface area contributed by atoms with E-state index in [-0.39, 0.29) is 12.4 Å². The minimum atomic E-state index is -4.70. The standard InChI is InChI=1S/C19H17F6N7O/c20-13-3-1-2-12(11-33)18(13,32-29-5-6-30-32)31-7-4-17(21,22)15(31)9-28-16-10-26-14(8-27-16)19(23,24)25/h1-3,5-6,8,10-12,15H,4,7,9H2,(H,27,28). The number of aromatic nitrogens is 5. The summed E-state index contributed by atoms with van der Waals surface area (Å²) in [6, 6.07) is -1.68. The van der Waals surface area contributed by atoms with Gasteiger partial charge in [0.05, 0.1) is 36.7 Å². The van der Waals surface area contributed by atoms with Crippen molar-refractivity contribution in [3.63, 3.8) is 0 Å². The van der Waals surface area contributed by atoms with Crippen LogP contribution in [0.15, 0.2) is 48.8 Å². The predicted molar refractivity (Wildman–Crippen MR) is 101 cm³/mol. The molecule has 1 aliphatic carbocycles. The molecule has 2 aliphatic rings. The number of alkyl halides is 5. The van der Waals surface area contributed by atoms with Gasteiger partial charge in [0.15, 0.2) is 11.4 Å². The fraction of sp³-hybridized carbons (Fsp3) is 0.421. The van der Waals surface area contributed by atoms with Crippen LogP contribution in [0.5, 0.6) is 0 Å². The van der Waals surface area contributed by atoms with E-state index in [2.05, 4.69) is 25.5 Å². The van der Waals surface area contributed by atoms with Gasteiger partial charge < -0.3 is 10.1 Å². The number of aldehydes is 1. The van der Waals surface area contributed by atoms with Crippen LogP contribution in [0.4, 0.5) is 32.2 Å². The van der Waals surface area contributed by atoms with Crippen molar-refractivity contribution >= 4 is 12.1 Å². The van der Waals surface area contributed by atoms with E-state index < -0.39 is 54.2 Å². The predicted octanol–water partition coefficient (Wildman–Crippen LogP) is 2.80. The van der Waals surface area contributed by atoms with E-state index in [0.29, 0.717) is 12.5 Å². The van der Waals surface area contributed by atoms with Gasteiger partial charge in [-0.15, -0.1) is 0 Å². The first-order chi connectivity index (χ1) is 15.6. The average Bonchev–Trinajstić information content (AvgIpc) is 3.40. The third-order valence-electron chi connectivity index (χ3n) is 5.65. The van der Waals surface area contributed by atoms with Gasteiger partial charge in [-0.05, 0) is 6.08 Å². The summed E-state index contributed by atoms with van der Waals surface area (Å²) in [7, 11) is 0. The van der Waals surface area contributed by atoms with Crippen LogP contribution in [0.1, 0.15) is 12.1 Å². The van der Waals surface area contributed by atoms with Gasteiger partial charge in [-0.1, -0.05) is 12.2 Å². The average molecular weight is 473 g/mol. The summed E-state index contributed by atoms with van der Waals surface area (Å²) in [6.45, 7) is -0.836. The van der Waals surface area contributed by atoms with Gasteiger partial charge in [0, 0.05) is 19.5 Å². The summed E-state index contributed by atoms with van der Waals surface area (Å²) in [4.78, 5) is 20.7. The number of nitrogens with zero attached hydrogens (tertiary/aromatic N) is 6. The molecule has 2 aromatic heterocycles. The maximum Gasteiger partial charge on any atom is 0.434 e. The van der Waals surface area contributed by atoms with Gasteiger partial charge in [0.2, 0.25) is 0 Å². The molecule has 0 aromatic carbocycles. The maximum atomic E-state index is 15.4. The second-order valence-corrected chi connectivity index (χ2v) is 7.49. The lowest BCUT2D eigenvalue weighted by atomic mass is 9.86. The van der Waals surface area contributed by atoms with Crippen molar-refractivity contribution in [2.45, 2.75) is 30.2 Å². The van der Waals surface area contributed by atoms with E-state index in [1.165, 1.54) is 24.5 Å². The number of anilines is 1. The highest BCUT2D eigenvalue weighted by Crippen LogP contribution is 2.47. The van der Waals surface area contributed by atoms with Gasteiger partial charge in [0.25, 0.3) is 5.92 Å². The van der Waals surface area contributed by atoms with Gasteiger partial charge in [-0.3, -0.25) is 4.90 Å². The zero-order valence-corrected chi connectivity index (χ0v) is 16.8. The molecule has 3 heterocycles. The highest BCUT2D eigenvalue weighted by molar-refractivity contribution is 5.61. The first-order valence-electron chi connectivity index (χ1n) is 9.75. The monoisotopic (exact) mass is 473 g/mol. The molecule has 0 bridgehead atoms. The van der Waals surface area contributed by atoms with Crippen LogP contribution in [-0.4, -0.2) is 61.2 Å². The Hall–Kier alpha value is -3.29. The van der Waals surface area contributed by atoms with Gasteiger partial charge >= 0.3 is 6.18 Å². The Morgan fingerprint density at radius 3 is 2.52 bits per heavy atom. The molecule has 0 amide bonds. The van der Waals surface area contributed by atoms with Crippen molar-refractivity contribution in [3.05, 3.63) is 54.5 Å². The van der Waals surface area contributed by atoms with E-state index >= 15 is 4.39 Å². The van der Waals surface area contributed by atoms with Crippen molar-refractivity contribution in [1.29, 1.82) is 0 Å². The molecular formula is C19H17F6N7O. The third-order valence-corrected chi connectivity index (χ3v) is 5.65. The Balaban J connectivity index is 1.68. The van der Waals surface area contributed by atoms with Crippen LogP contribution in [0.25, 0.3) is 0 Å². The summed E-state index contributed by atoms with van der Waals surface area (Å²) in [5, 5.41) is 10.4. The molecule has 176 valence electrons. The van der Waals surface area contributed by atoms with Crippen LogP contribution < -0.4 is 5.32 Å². The normalized spacial score (nSPS) is 27.4. The van der Waals surface area contributed by atoms with Crippen molar-refractivity contribution < 1.29 is 31.1 Å². The Morgan fingerprint density at radius 1 is 1.18 bits per heavy atom. The highest BCUT2D eigenvalue weighted by Gasteiger charge is 2.61. The highest BCUT2D eigenvalue weighted by atomic mass is 19.4. The first-order valence-corrected chi connectivity index (χ1v) is 9.75. The molecular weight excluding hydrogens is 456 g/mol. The molecule has 0 radical (unpaired) electrons. The lowest BCUT2D eigenvalue weighted by Crippen LogP contribution is -2.62. The number of carbonyl (C=O) groups is 1. The number of nitrogens with one attached hydrogen (secondary N) is 1. The molecule has 1 aliphatic heterocycles. The number of hydrogen-bond acceptors (Lipinski definition) is 7. The Bertz CT molecular complexity index is 1050. The van der Waals surface area contributed by atoms with Crippen molar-refractivity contribution in [3.8, 4) is 0 Å². The van der Waals surface area contributed by atoms with Gasteiger partial charge in [-0.2, -0.15) is 28.2 Å². The van der Waals surface area contributed by atoms with Crippen molar-refractivity contribution in [2.24, 2.45) is 5.92 Å². The first kappa shape index (κ1) is 22.9. The van der Waals surface area contributed by atoms with E-state index in [1.807, 2.05) is 0 Å². The molecule has 2 aromatic rings. The number of carbonyl (C=O) groups excluding carboxylic acids is 1. The lowest BCUT2D eigenvalue weighted by Gasteiger charge is -2.46. The maximum absolute atomic E-state index is 15.4. The summed E-state index contributed by atoms with van der Waals surface area (Å²) in [5.41, 5.74) is -3.31. The van der Waals surface area contributed by atoms with Gasteiger partial charge in [-0.25, -0.2) is 23.1 Å². The number of halogens is 6. The summed E-state index contributed by atoms with van der Waals surface area (Å²) in [6.07, 6.45) is 2.48. The minimum Gasteiger partial charge on any atom is -0.367 e. The number of allylic oxidation sites excluding steroid dienone is 2. The van der Waals surface area contributed by atoms with Crippen LogP contribution >= 0.6 is 0 Å². The fourth-order valence-corrected chi connectivity index (χ4v) is 4.13. The van der Waals surface area contributed by atoms with E-state index in [4.69, 9.17) is 0 Å². The van der Waals surface area contributed by atoms with Crippen molar-refractivity contribution in [1.82, 2.24) is 29.9 Å². The Labute approximate surface area is 183 Å². The second kappa shape index (κ2) is 8.24. The molecule has 33 heavy (non-hydrogen) atoms. The number of rotatable bonds is 6. The summed E-state index contributed by atoms with van der Waals surface area (Å²) >= 11 is 0. The quantitative estimate of drug-likeness (QED) is 0.510. The molecule has 14 heteroatoms. The van der Waals surface area contributed by atoms with E-state index in [1.54, 1.807) is 0 Å². The molecule has 3 atom stereocenters. The molecule has 0 spiro atoms. The van der Waals surface area contributed by atoms with Crippen molar-refractivity contribution in [2.75, 3.05) is 18.4 Å². The molecule has 1 saturated heterocycles. The van der Waals surface area contributed by atoms with Crippen LogP contribution in [0.3, 0.4) is 0 Å². The molecule has 4 rings (SSSR count). The molecule has 0 saturated carbocycles. The smallest absolute Gasteiger partial charge is 0.367 e. The Morgan fingerprint density at radius 2 is 1.91 bits per heavy atom. The van der Waals surface area contributed by atoms with Crippen LogP contribution in [0, 0.1) is 5.92 Å².